The van der Waals surface area contributed by atoms with Crippen LogP contribution in [-0.2, 0) is 20.9 Å². The van der Waals surface area contributed by atoms with Crippen molar-refractivity contribution >= 4 is 57.5 Å². The Morgan fingerprint density at radius 3 is 2.61 bits per heavy atom. The second-order valence-corrected chi connectivity index (χ2v) is 8.47. The predicted molar refractivity (Wildman–Crippen MR) is 122 cm³/mol. The number of thioether (sulfide) groups is 1. The molecule has 0 N–H and O–H groups in total. The van der Waals surface area contributed by atoms with Gasteiger partial charge >= 0.3 is 5.97 Å². The minimum atomic E-state index is -0.982. The Bertz CT molecular complexity index is 1230. The normalized spacial score (nSPS) is 16.4. The van der Waals surface area contributed by atoms with E-state index in [-0.39, 0.29) is 4.91 Å². The highest BCUT2D eigenvalue weighted by Crippen LogP contribution is 2.35. The summed E-state index contributed by atoms with van der Waals surface area (Å²) in [6, 6.07) is 14.5. The lowest BCUT2D eigenvalue weighted by Crippen LogP contribution is -2.42. The van der Waals surface area contributed by atoms with Crippen molar-refractivity contribution in [2.24, 2.45) is 0 Å². The third-order valence-corrected chi connectivity index (χ3v) is 6.41. The van der Waals surface area contributed by atoms with Gasteiger partial charge in [-0.2, -0.15) is 0 Å². The fourth-order valence-corrected chi connectivity index (χ4v) is 4.66. The van der Waals surface area contributed by atoms with Crippen molar-refractivity contribution in [3.63, 3.8) is 0 Å². The number of fused-ring (bicyclic) bond motifs is 1. The average Bonchev–Trinajstić information content (AvgIpc) is 3.25. The van der Waals surface area contributed by atoms with Gasteiger partial charge in [-0.3, -0.25) is 14.5 Å². The van der Waals surface area contributed by atoms with Crippen LogP contribution in [0.4, 0.5) is 4.79 Å². The van der Waals surface area contributed by atoms with Gasteiger partial charge in [0.25, 0.3) is 11.1 Å². The smallest absolute Gasteiger partial charge is 0.328 e. The van der Waals surface area contributed by atoms with E-state index in [9.17, 15) is 14.4 Å². The first-order valence-electron chi connectivity index (χ1n) is 9.57. The molecule has 1 aliphatic rings. The third-order valence-electron chi connectivity index (χ3n) is 5.16. The van der Waals surface area contributed by atoms with Gasteiger partial charge in [0, 0.05) is 34.2 Å². The fourth-order valence-electron chi connectivity index (χ4n) is 3.56. The van der Waals surface area contributed by atoms with Crippen molar-refractivity contribution in [3.8, 4) is 0 Å². The minimum absolute atomic E-state index is 0.265. The zero-order chi connectivity index (χ0) is 22.1. The summed E-state index contributed by atoms with van der Waals surface area (Å²) in [5, 5.41) is 1.14. The Hall–Kier alpha value is -3.03. The van der Waals surface area contributed by atoms with Crippen LogP contribution >= 0.6 is 23.4 Å². The summed E-state index contributed by atoms with van der Waals surface area (Å²) in [5.41, 5.74) is 2.76. The van der Waals surface area contributed by atoms with Gasteiger partial charge in [0.05, 0.1) is 12.0 Å². The quantitative estimate of drug-likeness (QED) is 0.403. The average molecular weight is 455 g/mol. The van der Waals surface area contributed by atoms with Crippen LogP contribution in [0, 0.1) is 0 Å². The largest absolute Gasteiger partial charge is 0.467 e. The molecule has 1 atom stereocenters. The van der Waals surface area contributed by atoms with Crippen molar-refractivity contribution in [2.75, 3.05) is 7.11 Å². The molecule has 0 radical (unpaired) electrons. The maximum Gasteiger partial charge on any atom is 0.328 e. The highest BCUT2D eigenvalue weighted by molar-refractivity contribution is 8.18. The number of hydrogen-bond donors (Lipinski definition) is 0. The lowest BCUT2D eigenvalue weighted by molar-refractivity contribution is -0.148. The fraction of sp³-hybridized carbons (Fsp3) is 0.174. The topological polar surface area (TPSA) is 68.6 Å². The predicted octanol–water partition coefficient (Wildman–Crippen LogP) is 4.94. The van der Waals surface area contributed by atoms with Crippen LogP contribution in [0.15, 0.2) is 59.6 Å². The summed E-state index contributed by atoms with van der Waals surface area (Å²) in [5.74, 6) is -1.14. The van der Waals surface area contributed by atoms with E-state index < -0.39 is 23.2 Å². The standard InChI is InChI=1S/C23H19ClN2O4S/c1-14(22(28)30-2)26-21(27)20(31-23(26)29)11-16-13-25(19-10-6-4-8-17(16)19)12-15-7-3-5-9-18(15)24/h3-11,13-14H,12H2,1-2H3/b20-11+/t14-/m0/s1. The molecule has 1 aromatic heterocycles. The Labute approximate surface area is 188 Å². The van der Waals surface area contributed by atoms with E-state index in [1.54, 1.807) is 6.08 Å². The number of ether oxygens (including phenoxy) is 1. The van der Waals surface area contributed by atoms with E-state index in [4.69, 9.17) is 11.6 Å². The summed E-state index contributed by atoms with van der Waals surface area (Å²) >= 11 is 7.15. The number of benzene rings is 2. The molecule has 2 aromatic carbocycles. The number of methoxy groups -OCH3 is 1. The molecule has 158 valence electrons. The Morgan fingerprint density at radius 2 is 1.87 bits per heavy atom. The van der Waals surface area contributed by atoms with Crippen LogP contribution in [-0.4, -0.2) is 39.7 Å². The Morgan fingerprint density at radius 1 is 1.16 bits per heavy atom. The Kier molecular flexibility index (Phi) is 5.89. The number of nitrogens with zero attached hydrogens (tertiary/aromatic N) is 2. The SMILES string of the molecule is COC(=O)[C@H](C)N1C(=O)S/C(=C/c2cn(Cc3ccccc3Cl)c3ccccc23)C1=O. The monoisotopic (exact) mass is 454 g/mol. The van der Waals surface area contributed by atoms with Gasteiger partial charge in [0.1, 0.15) is 6.04 Å². The van der Waals surface area contributed by atoms with Crippen LogP contribution in [0.1, 0.15) is 18.1 Å². The van der Waals surface area contributed by atoms with Gasteiger partial charge in [-0.25, -0.2) is 4.79 Å². The van der Waals surface area contributed by atoms with Gasteiger partial charge in [-0.1, -0.05) is 48.0 Å². The molecule has 0 bridgehead atoms. The zero-order valence-electron chi connectivity index (χ0n) is 16.9. The molecule has 3 aromatic rings. The molecule has 4 rings (SSSR count). The number of esters is 1. The lowest BCUT2D eigenvalue weighted by Gasteiger charge is -2.18. The van der Waals surface area contributed by atoms with E-state index in [0.717, 1.165) is 38.7 Å². The van der Waals surface area contributed by atoms with Crippen molar-refractivity contribution in [2.45, 2.75) is 19.5 Å². The summed E-state index contributed by atoms with van der Waals surface area (Å²) in [6.07, 6.45) is 3.63. The number of para-hydroxylation sites is 1. The van der Waals surface area contributed by atoms with Crippen molar-refractivity contribution in [1.29, 1.82) is 0 Å². The first-order valence-corrected chi connectivity index (χ1v) is 10.8. The summed E-state index contributed by atoms with van der Waals surface area (Å²) < 4.78 is 6.73. The molecule has 31 heavy (non-hydrogen) atoms. The van der Waals surface area contributed by atoms with Gasteiger partial charge < -0.3 is 9.30 Å². The van der Waals surface area contributed by atoms with Crippen molar-refractivity contribution in [1.82, 2.24) is 9.47 Å². The molecule has 2 heterocycles. The summed E-state index contributed by atoms with van der Waals surface area (Å²) in [4.78, 5) is 38.3. The van der Waals surface area contributed by atoms with E-state index in [0.29, 0.717) is 11.6 Å². The van der Waals surface area contributed by atoms with E-state index >= 15 is 0 Å². The van der Waals surface area contributed by atoms with Gasteiger partial charge in [-0.05, 0) is 42.5 Å². The number of carbonyl (C=O) groups excluding carboxylic acids is 3. The molecule has 1 fully saturated rings. The minimum Gasteiger partial charge on any atom is -0.467 e. The van der Waals surface area contributed by atoms with E-state index in [1.807, 2.05) is 54.7 Å². The number of hydrogen-bond acceptors (Lipinski definition) is 5. The number of imide groups is 1. The first kappa shape index (κ1) is 21.2. The summed E-state index contributed by atoms with van der Waals surface area (Å²) in [7, 11) is 1.22. The maximum absolute atomic E-state index is 12.8. The molecule has 0 aliphatic carbocycles. The third kappa shape index (κ3) is 3.98. The molecule has 1 saturated heterocycles. The highest BCUT2D eigenvalue weighted by Gasteiger charge is 2.41. The second kappa shape index (κ2) is 8.61. The van der Waals surface area contributed by atoms with Crippen molar-refractivity contribution < 1.29 is 19.1 Å². The molecular weight excluding hydrogens is 436 g/mol. The highest BCUT2D eigenvalue weighted by atomic mass is 35.5. The number of aromatic nitrogens is 1. The van der Waals surface area contributed by atoms with E-state index in [1.165, 1.54) is 14.0 Å². The number of rotatable bonds is 5. The van der Waals surface area contributed by atoms with Crippen LogP contribution in [0.3, 0.4) is 0 Å². The molecule has 0 unspecified atom stereocenters. The Balaban J connectivity index is 1.72. The lowest BCUT2D eigenvalue weighted by atomic mass is 10.1. The van der Waals surface area contributed by atoms with Gasteiger partial charge in [0.2, 0.25) is 0 Å². The number of amides is 2. The zero-order valence-corrected chi connectivity index (χ0v) is 18.4. The van der Waals surface area contributed by atoms with Crippen LogP contribution in [0.2, 0.25) is 5.02 Å². The molecular formula is C23H19ClN2O4S. The van der Waals surface area contributed by atoms with E-state index in [2.05, 4.69) is 9.30 Å². The molecule has 8 heteroatoms. The first-order chi connectivity index (χ1) is 14.9. The molecule has 6 nitrogen and oxygen atoms in total. The maximum atomic E-state index is 12.8. The van der Waals surface area contributed by atoms with Gasteiger partial charge in [0.15, 0.2) is 0 Å². The summed E-state index contributed by atoms with van der Waals surface area (Å²) in [6.45, 7) is 2.04. The molecule has 1 aliphatic heterocycles. The molecule has 2 amide bonds. The van der Waals surface area contributed by atoms with Gasteiger partial charge in [-0.15, -0.1) is 0 Å². The van der Waals surface area contributed by atoms with Crippen LogP contribution in [0.5, 0.6) is 0 Å². The van der Waals surface area contributed by atoms with Crippen LogP contribution < -0.4 is 0 Å². The molecule has 0 spiro atoms. The number of carbonyl (C=O) groups is 3. The number of halogens is 1. The van der Waals surface area contributed by atoms with Crippen molar-refractivity contribution in [3.05, 3.63) is 75.8 Å². The second-order valence-electron chi connectivity index (χ2n) is 7.07. The molecule has 0 saturated carbocycles. The van der Waals surface area contributed by atoms with Crippen LogP contribution in [0.25, 0.3) is 17.0 Å².